The number of benzene rings is 3. The highest BCUT2D eigenvalue weighted by atomic mass is 32.1. The van der Waals surface area contributed by atoms with E-state index in [2.05, 4.69) is 9.69 Å². The summed E-state index contributed by atoms with van der Waals surface area (Å²) in [6, 6.07) is 18.3. The van der Waals surface area contributed by atoms with Gasteiger partial charge in [-0.1, -0.05) is 36.4 Å². The molecular weight excluding hydrogens is 490 g/mol. The summed E-state index contributed by atoms with van der Waals surface area (Å²) < 4.78 is 26.4. The fraction of sp³-hybridized carbons (Fsp3) is 0.214. The van der Waals surface area contributed by atoms with Gasteiger partial charge in [0.25, 0.3) is 0 Å². The molecule has 0 aliphatic carbocycles. The van der Waals surface area contributed by atoms with Gasteiger partial charge in [0.15, 0.2) is 11.5 Å². The molecule has 1 aromatic heterocycles. The van der Waals surface area contributed by atoms with Crippen molar-refractivity contribution in [2.24, 2.45) is 5.73 Å². The Bertz CT molecular complexity index is 1350. The highest BCUT2D eigenvalue weighted by Crippen LogP contribution is 2.45. The second-order valence-electron chi connectivity index (χ2n) is 8.18. The largest absolute Gasteiger partial charge is 0.495 e. The molecule has 9 heteroatoms. The number of methoxy groups -OCH3 is 4. The molecule has 0 aliphatic rings. The lowest BCUT2D eigenvalue weighted by molar-refractivity contribution is -0.117. The smallest absolute Gasteiger partial charge is 0.241 e. The predicted octanol–water partition coefficient (Wildman–Crippen LogP) is 5.02. The van der Waals surface area contributed by atoms with Crippen molar-refractivity contribution >= 4 is 23.1 Å². The molecule has 1 atom stereocenters. The SMILES string of the molecule is COc1ccc(-c2cnsc2-c2cc(OC)c(OC)c(OC)c2)cc1NC(=O)C(N)Cc1ccccc1. The van der Waals surface area contributed by atoms with E-state index in [1.54, 1.807) is 34.6 Å². The molecule has 4 aromatic rings. The highest BCUT2D eigenvalue weighted by molar-refractivity contribution is 7.10. The average molecular weight is 520 g/mol. The maximum absolute atomic E-state index is 12.9. The first-order valence-electron chi connectivity index (χ1n) is 11.5. The molecule has 4 rings (SSSR count). The summed E-state index contributed by atoms with van der Waals surface area (Å²) in [5.41, 5.74) is 10.3. The van der Waals surface area contributed by atoms with E-state index >= 15 is 0 Å². The van der Waals surface area contributed by atoms with Crippen LogP contribution in [-0.2, 0) is 11.2 Å². The van der Waals surface area contributed by atoms with E-state index in [1.807, 2.05) is 60.7 Å². The number of nitrogens with one attached hydrogen (secondary N) is 1. The van der Waals surface area contributed by atoms with Crippen molar-refractivity contribution in [2.45, 2.75) is 12.5 Å². The Kier molecular flexibility index (Phi) is 8.27. The average Bonchev–Trinajstić information content (AvgIpc) is 3.42. The Morgan fingerprint density at radius 1 is 0.892 bits per heavy atom. The summed E-state index contributed by atoms with van der Waals surface area (Å²) >= 11 is 1.34. The molecule has 192 valence electrons. The highest BCUT2D eigenvalue weighted by Gasteiger charge is 2.20. The number of rotatable bonds is 10. The maximum atomic E-state index is 12.9. The number of nitrogens with zero attached hydrogens (tertiary/aromatic N) is 1. The molecule has 0 saturated heterocycles. The Labute approximate surface area is 220 Å². The van der Waals surface area contributed by atoms with Crippen LogP contribution in [0.5, 0.6) is 23.0 Å². The molecule has 0 bridgehead atoms. The van der Waals surface area contributed by atoms with E-state index in [4.69, 9.17) is 24.7 Å². The first-order chi connectivity index (χ1) is 18.0. The van der Waals surface area contributed by atoms with E-state index in [9.17, 15) is 4.79 Å². The minimum Gasteiger partial charge on any atom is -0.495 e. The van der Waals surface area contributed by atoms with Crippen LogP contribution in [0.1, 0.15) is 5.56 Å². The van der Waals surface area contributed by atoms with Gasteiger partial charge in [-0.15, -0.1) is 0 Å². The molecule has 0 fully saturated rings. The van der Waals surface area contributed by atoms with Crippen molar-refractivity contribution in [3.8, 4) is 44.6 Å². The van der Waals surface area contributed by atoms with Gasteiger partial charge < -0.3 is 30.0 Å². The van der Waals surface area contributed by atoms with Crippen LogP contribution in [0.3, 0.4) is 0 Å². The monoisotopic (exact) mass is 519 g/mol. The topological polar surface area (TPSA) is 105 Å². The van der Waals surface area contributed by atoms with Gasteiger partial charge >= 0.3 is 0 Å². The molecule has 0 spiro atoms. The van der Waals surface area contributed by atoms with Crippen molar-refractivity contribution in [3.05, 3.63) is 72.4 Å². The third-order valence-corrected chi connectivity index (χ3v) is 6.75. The van der Waals surface area contributed by atoms with Gasteiger partial charge in [-0.25, -0.2) is 0 Å². The Hall–Kier alpha value is -4.08. The second kappa shape index (κ2) is 11.8. The van der Waals surface area contributed by atoms with E-state index in [0.717, 1.165) is 27.1 Å². The molecule has 0 aliphatic heterocycles. The molecule has 8 nitrogen and oxygen atoms in total. The third kappa shape index (κ3) is 5.68. The first kappa shape index (κ1) is 26.0. The molecule has 3 N–H and O–H groups in total. The fourth-order valence-electron chi connectivity index (χ4n) is 4.02. The van der Waals surface area contributed by atoms with Gasteiger partial charge in [0.1, 0.15) is 5.75 Å². The summed E-state index contributed by atoms with van der Waals surface area (Å²) in [5, 5.41) is 2.93. The van der Waals surface area contributed by atoms with Crippen LogP contribution < -0.4 is 30.0 Å². The number of hydrogen-bond donors (Lipinski definition) is 2. The number of amides is 1. The third-order valence-electron chi connectivity index (χ3n) is 5.90. The molecule has 0 saturated carbocycles. The molecule has 1 heterocycles. The lowest BCUT2D eigenvalue weighted by Gasteiger charge is -2.16. The van der Waals surface area contributed by atoms with Crippen molar-refractivity contribution in [2.75, 3.05) is 33.8 Å². The first-order valence-corrected chi connectivity index (χ1v) is 12.3. The lowest BCUT2D eigenvalue weighted by Crippen LogP contribution is -2.37. The summed E-state index contributed by atoms with van der Waals surface area (Å²) in [5.74, 6) is 1.84. The van der Waals surface area contributed by atoms with Crippen LogP contribution in [0.2, 0.25) is 0 Å². The maximum Gasteiger partial charge on any atom is 0.241 e. The summed E-state index contributed by atoms with van der Waals surface area (Å²) in [4.78, 5) is 13.8. The second-order valence-corrected chi connectivity index (χ2v) is 8.98. The van der Waals surface area contributed by atoms with Gasteiger partial charge in [-0.3, -0.25) is 4.79 Å². The van der Waals surface area contributed by atoms with E-state index in [1.165, 1.54) is 11.5 Å². The van der Waals surface area contributed by atoms with Gasteiger partial charge in [-0.2, -0.15) is 4.37 Å². The molecule has 3 aromatic carbocycles. The summed E-state index contributed by atoms with van der Waals surface area (Å²) in [6.07, 6.45) is 2.21. The van der Waals surface area contributed by atoms with E-state index in [-0.39, 0.29) is 5.91 Å². The number of ether oxygens (including phenoxy) is 4. The molecule has 1 amide bonds. The lowest BCUT2D eigenvalue weighted by atomic mass is 10.0. The molecule has 1 unspecified atom stereocenters. The predicted molar refractivity (Wildman–Crippen MR) is 146 cm³/mol. The number of carbonyl (C=O) groups excluding carboxylic acids is 1. The number of aromatic nitrogens is 1. The summed E-state index contributed by atoms with van der Waals surface area (Å²) in [7, 11) is 6.28. The Morgan fingerprint density at radius 3 is 2.19 bits per heavy atom. The van der Waals surface area contributed by atoms with Crippen LogP contribution in [-0.4, -0.2) is 44.8 Å². The molecular formula is C28H29N3O5S. The van der Waals surface area contributed by atoms with Gasteiger partial charge in [0.05, 0.1) is 45.0 Å². The van der Waals surface area contributed by atoms with Gasteiger partial charge in [0, 0.05) is 17.3 Å². The van der Waals surface area contributed by atoms with Crippen LogP contribution in [0.4, 0.5) is 5.69 Å². The summed E-state index contributed by atoms with van der Waals surface area (Å²) in [6.45, 7) is 0. The quantitative estimate of drug-likeness (QED) is 0.303. The number of hydrogen-bond acceptors (Lipinski definition) is 8. The van der Waals surface area contributed by atoms with E-state index in [0.29, 0.717) is 35.1 Å². The zero-order valence-electron chi connectivity index (χ0n) is 21.1. The van der Waals surface area contributed by atoms with Gasteiger partial charge in [0.2, 0.25) is 11.7 Å². The van der Waals surface area contributed by atoms with Crippen molar-refractivity contribution in [1.29, 1.82) is 0 Å². The Morgan fingerprint density at radius 2 is 1.57 bits per heavy atom. The van der Waals surface area contributed by atoms with E-state index < -0.39 is 6.04 Å². The molecule has 37 heavy (non-hydrogen) atoms. The minimum atomic E-state index is -0.714. The fourth-order valence-corrected chi connectivity index (χ4v) is 4.78. The van der Waals surface area contributed by atoms with Crippen LogP contribution in [0.25, 0.3) is 21.6 Å². The van der Waals surface area contributed by atoms with Gasteiger partial charge in [-0.05, 0) is 53.3 Å². The number of carbonyl (C=O) groups is 1. The van der Waals surface area contributed by atoms with Crippen molar-refractivity contribution in [3.63, 3.8) is 0 Å². The van der Waals surface area contributed by atoms with Crippen molar-refractivity contribution < 1.29 is 23.7 Å². The van der Waals surface area contributed by atoms with Crippen LogP contribution >= 0.6 is 11.5 Å². The van der Waals surface area contributed by atoms with Crippen molar-refractivity contribution in [1.82, 2.24) is 4.37 Å². The van der Waals surface area contributed by atoms with Crippen LogP contribution in [0.15, 0.2) is 66.9 Å². The number of nitrogens with two attached hydrogens (primary N) is 1. The Balaban J connectivity index is 1.66. The number of anilines is 1. The minimum absolute atomic E-state index is 0.299. The zero-order chi connectivity index (χ0) is 26.4. The standard InChI is InChI=1S/C28H29N3O5S/c1-33-23-11-10-18(13-22(23)31-28(32)21(29)12-17-8-6-5-7-9-17)20-16-30-37-27(20)19-14-24(34-2)26(36-4)25(15-19)35-3/h5-11,13-16,21H,12,29H2,1-4H3,(H,31,32). The molecule has 0 radical (unpaired) electrons. The van der Waals surface area contributed by atoms with Crippen LogP contribution in [0, 0.1) is 0 Å². The normalized spacial score (nSPS) is 11.5. The zero-order valence-corrected chi connectivity index (χ0v) is 21.9.